The molecule has 4 heteroatoms. The lowest BCUT2D eigenvalue weighted by molar-refractivity contribution is 0.0938. The molecule has 0 aliphatic heterocycles. The Bertz CT molecular complexity index is 357. The van der Waals surface area contributed by atoms with Crippen molar-refractivity contribution in [2.45, 2.75) is 33.7 Å². The predicted octanol–water partition coefficient (Wildman–Crippen LogP) is 2.29. The van der Waals surface area contributed by atoms with Crippen LogP contribution in [0.25, 0.3) is 0 Å². The number of hydrogen-bond acceptors (Lipinski definition) is 3. The average Bonchev–Trinajstić information content (AvgIpc) is 2.26. The fraction of sp³-hybridized carbons (Fsp3) is 0.538. The molecular formula is C13H21N3O. The van der Waals surface area contributed by atoms with Crippen molar-refractivity contribution in [3.05, 3.63) is 24.0 Å². The van der Waals surface area contributed by atoms with E-state index in [-0.39, 0.29) is 11.9 Å². The molecule has 17 heavy (non-hydrogen) atoms. The fourth-order valence-electron chi connectivity index (χ4n) is 1.29. The maximum Gasteiger partial charge on any atom is 0.270 e. The first-order valence-electron chi connectivity index (χ1n) is 6.00. The van der Waals surface area contributed by atoms with Gasteiger partial charge in [0.2, 0.25) is 0 Å². The second-order valence-corrected chi connectivity index (χ2v) is 4.84. The monoisotopic (exact) mass is 235 g/mol. The van der Waals surface area contributed by atoms with E-state index >= 15 is 0 Å². The quantitative estimate of drug-likeness (QED) is 0.823. The summed E-state index contributed by atoms with van der Waals surface area (Å²) >= 11 is 0. The van der Waals surface area contributed by atoms with Crippen molar-refractivity contribution in [1.29, 1.82) is 0 Å². The summed E-state index contributed by atoms with van der Waals surface area (Å²) in [5.74, 6) is 0.453. The van der Waals surface area contributed by atoms with E-state index in [9.17, 15) is 4.79 Å². The molecule has 1 amide bonds. The van der Waals surface area contributed by atoms with Crippen LogP contribution in [-0.4, -0.2) is 23.5 Å². The molecule has 0 saturated carbocycles. The highest BCUT2D eigenvalue weighted by Crippen LogP contribution is 2.07. The van der Waals surface area contributed by atoms with E-state index in [0.717, 1.165) is 12.2 Å². The number of amides is 1. The third-order valence-corrected chi connectivity index (χ3v) is 2.13. The maximum absolute atomic E-state index is 11.6. The van der Waals surface area contributed by atoms with Gasteiger partial charge in [-0.25, -0.2) is 4.98 Å². The van der Waals surface area contributed by atoms with Crippen LogP contribution in [0.5, 0.6) is 0 Å². The zero-order chi connectivity index (χ0) is 12.8. The van der Waals surface area contributed by atoms with Crippen molar-refractivity contribution in [3.8, 4) is 0 Å². The van der Waals surface area contributed by atoms with Gasteiger partial charge in [0.25, 0.3) is 5.91 Å². The Balaban J connectivity index is 2.58. The highest BCUT2D eigenvalue weighted by Gasteiger charge is 2.07. The Morgan fingerprint density at radius 3 is 2.47 bits per heavy atom. The van der Waals surface area contributed by atoms with E-state index in [1.165, 1.54) is 0 Å². The van der Waals surface area contributed by atoms with Gasteiger partial charge in [-0.3, -0.25) is 4.79 Å². The van der Waals surface area contributed by atoms with Crippen LogP contribution in [0.4, 0.5) is 5.69 Å². The first kappa shape index (κ1) is 13.5. The van der Waals surface area contributed by atoms with Crippen molar-refractivity contribution in [2.75, 3.05) is 11.9 Å². The Morgan fingerprint density at radius 2 is 2.00 bits per heavy atom. The zero-order valence-corrected chi connectivity index (χ0v) is 10.9. The lowest BCUT2D eigenvalue weighted by Gasteiger charge is -2.10. The van der Waals surface area contributed by atoms with Gasteiger partial charge in [0.1, 0.15) is 5.69 Å². The number of aromatic nitrogens is 1. The molecule has 0 spiro atoms. The molecule has 0 atom stereocenters. The summed E-state index contributed by atoms with van der Waals surface area (Å²) in [5, 5.41) is 6.06. The molecule has 0 radical (unpaired) electrons. The molecule has 1 heterocycles. The van der Waals surface area contributed by atoms with E-state index in [0.29, 0.717) is 11.6 Å². The molecular weight excluding hydrogens is 214 g/mol. The molecule has 1 aromatic heterocycles. The van der Waals surface area contributed by atoms with Crippen molar-refractivity contribution in [3.63, 3.8) is 0 Å². The van der Waals surface area contributed by atoms with Gasteiger partial charge in [0, 0.05) is 12.6 Å². The highest BCUT2D eigenvalue weighted by atomic mass is 16.1. The van der Waals surface area contributed by atoms with Gasteiger partial charge < -0.3 is 10.6 Å². The number of hydrogen-bond donors (Lipinski definition) is 2. The van der Waals surface area contributed by atoms with Crippen molar-refractivity contribution >= 4 is 11.6 Å². The van der Waals surface area contributed by atoms with Crippen molar-refractivity contribution in [2.24, 2.45) is 5.92 Å². The summed E-state index contributed by atoms with van der Waals surface area (Å²) in [6, 6.07) is 3.74. The number of nitrogens with one attached hydrogen (secondary N) is 2. The molecule has 0 bridgehead atoms. The van der Waals surface area contributed by atoms with Gasteiger partial charge in [0.15, 0.2) is 0 Å². The molecule has 0 unspecified atom stereocenters. The van der Waals surface area contributed by atoms with Gasteiger partial charge in [-0.15, -0.1) is 0 Å². The Hall–Kier alpha value is -1.58. The summed E-state index contributed by atoms with van der Waals surface area (Å²) in [5.41, 5.74) is 1.40. The smallest absolute Gasteiger partial charge is 0.270 e. The van der Waals surface area contributed by atoms with Crippen molar-refractivity contribution in [1.82, 2.24) is 10.3 Å². The SMILES string of the molecule is CC(C)CNc1ccc(C(=O)NC(C)C)nc1. The highest BCUT2D eigenvalue weighted by molar-refractivity contribution is 5.92. The largest absolute Gasteiger partial charge is 0.384 e. The van der Waals surface area contributed by atoms with Gasteiger partial charge in [-0.2, -0.15) is 0 Å². The van der Waals surface area contributed by atoms with Crippen LogP contribution in [0.2, 0.25) is 0 Å². The zero-order valence-electron chi connectivity index (χ0n) is 10.9. The molecule has 1 aromatic rings. The first-order valence-corrected chi connectivity index (χ1v) is 6.00. The normalized spacial score (nSPS) is 10.7. The number of nitrogens with zero attached hydrogens (tertiary/aromatic N) is 1. The predicted molar refractivity (Wildman–Crippen MR) is 70.2 cm³/mol. The number of carbonyl (C=O) groups excluding carboxylic acids is 1. The number of pyridine rings is 1. The van der Waals surface area contributed by atoms with Gasteiger partial charge in [-0.05, 0) is 31.9 Å². The molecule has 2 N–H and O–H groups in total. The van der Waals surface area contributed by atoms with Crippen LogP contribution in [0, 0.1) is 5.92 Å². The van der Waals surface area contributed by atoms with Crippen LogP contribution < -0.4 is 10.6 Å². The van der Waals surface area contributed by atoms with Gasteiger partial charge in [-0.1, -0.05) is 13.8 Å². The topological polar surface area (TPSA) is 54.0 Å². The third-order valence-electron chi connectivity index (χ3n) is 2.13. The molecule has 0 saturated heterocycles. The lowest BCUT2D eigenvalue weighted by atomic mass is 10.2. The fourth-order valence-corrected chi connectivity index (χ4v) is 1.29. The molecule has 0 aromatic carbocycles. The van der Waals surface area contributed by atoms with Crippen molar-refractivity contribution < 1.29 is 4.79 Å². The molecule has 0 aliphatic rings. The van der Waals surface area contributed by atoms with Crippen LogP contribution in [0.3, 0.4) is 0 Å². The second kappa shape index (κ2) is 6.23. The first-order chi connectivity index (χ1) is 7.99. The standard InChI is InChI=1S/C13H21N3O/c1-9(2)7-14-11-5-6-12(15-8-11)13(17)16-10(3)4/h5-6,8-10,14H,7H2,1-4H3,(H,16,17). The van der Waals surface area contributed by atoms with Crippen LogP contribution in [-0.2, 0) is 0 Å². The van der Waals surface area contributed by atoms with E-state index in [2.05, 4.69) is 29.5 Å². The third kappa shape index (κ3) is 4.85. The number of anilines is 1. The molecule has 4 nitrogen and oxygen atoms in total. The number of rotatable bonds is 5. The maximum atomic E-state index is 11.6. The molecule has 94 valence electrons. The van der Waals surface area contributed by atoms with E-state index < -0.39 is 0 Å². The summed E-state index contributed by atoms with van der Waals surface area (Å²) in [6.45, 7) is 9.04. The van der Waals surface area contributed by atoms with Crippen LogP contribution in [0.1, 0.15) is 38.2 Å². The summed E-state index contributed by atoms with van der Waals surface area (Å²) in [7, 11) is 0. The summed E-state index contributed by atoms with van der Waals surface area (Å²) in [4.78, 5) is 15.8. The second-order valence-electron chi connectivity index (χ2n) is 4.84. The summed E-state index contributed by atoms with van der Waals surface area (Å²) in [6.07, 6.45) is 1.69. The molecule has 0 aliphatic carbocycles. The van der Waals surface area contributed by atoms with Crippen LogP contribution >= 0.6 is 0 Å². The minimum absolute atomic E-state index is 0.128. The van der Waals surface area contributed by atoms with Crippen LogP contribution in [0.15, 0.2) is 18.3 Å². The number of carbonyl (C=O) groups is 1. The minimum atomic E-state index is -0.129. The Kier molecular flexibility index (Phi) is 4.94. The van der Waals surface area contributed by atoms with Gasteiger partial charge >= 0.3 is 0 Å². The van der Waals surface area contributed by atoms with E-state index in [1.807, 2.05) is 19.9 Å². The summed E-state index contributed by atoms with van der Waals surface area (Å²) < 4.78 is 0. The minimum Gasteiger partial charge on any atom is -0.384 e. The Morgan fingerprint density at radius 1 is 1.29 bits per heavy atom. The molecule has 1 rings (SSSR count). The van der Waals surface area contributed by atoms with E-state index in [4.69, 9.17) is 0 Å². The average molecular weight is 235 g/mol. The lowest BCUT2D eigenvalue weighted by Crippen LogP contribution is -2.30. The Labute approximate surface area is 103 Å². The molecule has 0 fully saturated rings. The van der Waals surface area contributed by atoms with E-state index in [1.54, 1.807) is 12.3 Å². The van der Waals surface area contributed by atoms with Gasteiger partial charge in [0.05, 0.1) is 11.9 Å².